The standard InChI is InChI=1S/C61H79F3N10O6/c1-38(2)52-46(28-43(30-66-52)70-22-21-69-23-24-79-33-44(69)32-70)54-47-29-59(3,4)37-80-58(78)48-13-8-18-74(68-48)57(77)49(26-39-9-7-12-41(25-39)42-14-15-51(45(47)27-42)73(54)36-61(62,63)64)67-55(75)53(40-10-5-6-11-40)71-19-16-60(34-71)17-20-72(35-60)56(76)50-31-65-50/h7,9,12,14-15,25,27-28,30,38,40,44,48-50,53,65,68H,5-6,8,10-11,13,16-24,26,29,31-37H2,1-4H3,(H,67,75)/t44-,48-,49-,50+,53-,60-/m0/s1. The van der Waals surface area contributed by atoms with Gasteiger partial charge in [-0.3, -0.25) is 39.0 Å². The van der Waals surface area contributed by atoms with Crippen LogP contribution in [-0.2, 0) is 48.0 Å². The van der Waals surface area contributed by atoms with Gasteiger partial charge in [0.25, 0.3) is 5.91 Å². The van der Waals surface area contributed by atoms with Crippen molar-refractivity contribution in [2.75, 3.05) is 90.2 Å². The fourth-order valence-corrected chi connectivity index (χ4v) is 14.5. The van der Waals surface area contributed by atoms with E-state index < -0.39 is 42.2 Å². The smallest absolute Gasteiger partial charge is 0.406 e. The van der Waals surface area contributed by atoms with E-state index in [0.29, 0.717) is 85.7 Å². The number of rotatable bonds is 9. The second kappa shape index (κ2) is 21.9. The summed E-state index contributed by atoms with van der Waals surface area (Å²) in [5.74, 6) is -0.912. The summed E-state index contributed by atoms with van der Waals surface area (Å²) in [6, 6.07) is 13.4. The fraction of sp³-hybridized carbons (Fsp3) is 0.623. The Hall–Kier alpha value is -5.60. The van der Waals surface area contributed by atoms with Gasteiger partial charge in [-0.05, 0) is 104 Å². The second-order valence-corrected chi connectivity index (χ2v) is 25.7. The van der Waals surface area contributed by atoms with E-state index >= 15 is 22.8 Å². The van der Waals surface area contributed by atoms with Crippen LogP contribution in [0.1, 0.15) is 102 Å². The Morgan fingerprint density at radius 3 is 2.51 bits per heavy atom. The summed E-state index contributed by atoms with van der Waals surface area (Å²) in [6.07, 6.45) is 4.33. The van der Waals surface area contributed by atoms with Crippen LogP contribution in [0.2, 0.25) is 0 Å². The molecule has 2 aromatic heterocycles. The van der Waals surface area contributed by atoms with Gasteiger partial charge < -0.3 is 34.5 Å². The van der Waals surface area contributed by atoms with Crippen molar-refractivity contribution in [1.29, 1.82) is 0 Å². The number of carbonyl (C=O) groups is 4. The topological polar surface area (TPSA) is 167 Å². The Kier molecular flexibility index (Phi) is 15.1. The first-order valence-electron chi connectivity index (χ1n) is 29.6. The van der Waals surface area contributed by atoms with Crippen LogP contribution in [-0.4, -0.2) is 175 Å². The molecule has 6 atom stereocenters. The third-order valence-corrected chi connectivity index (χ3v) is 18.8. The van der Waals surface area contributed by atoms with Gasteiger partial charge in [0.1, 0.15) is 18.6 Å². The molecule has 3 N–H and O–H groups in total. The normalized spacial score (nSPS) is 27.4. The number of amides is 3. The molecule has 6 saturated heterocycles. The highest BCUT2D eigenvalue weighted by Crippen LogP contribution is 2.46. The summed E-state index contributed by atoms with van der Waals surface area (Å²) in [7, 11) is 0. The Morgan fingerprint density at radius 2 is 1.73 bits per heavy atom. The zero-order valence-electron chi connectivity index (χ0n) is 46.9. The molecule has 19 heteroatoms. The molecule has 1 aliphatic carbocycles. The summed E-state index contributed by atoms with van der Waals surface area (Å²) in [5.41, 5.74) is 8.49. The minimum Gasteiger partial charge on any atom is -0.464 e. The first-order valence-corrected chi connectivity index (χ1v) is 29.6. The van der Waals surface area contributed by atoms with Gasteiger partial charge in [0, 0.05) is 92.6 Å². The van der Waals surface area contributed by atoms with E-state index in [-0.39, 0.29) is 66.5 Å². The number of anilines is 1. The first-order chi connectivity index (χ1) is 38.4. The monoisotopic (exact) mass is 1100 g/mol. The van der Waals surface area contributed by atoms with Crippen molar-refractivity contribution in [2.24, 2.45) is 16.7 Å². The molecule has 12 rings (SSSR count). The number of piperazine rings is 1. The zero-order chi connectivity index (χ0) is 55.7. The molecule has 4 aromatic rings. The molecule has 1 saturated carbocycles. The van der Waals surface area contributed by atoms with Crippen molar-refractivity contribution in [1.82, 2.24) is 45.3 Å². The van der Waals surface area contributed by atoms with Gasteiger partial charge in [-0.1, -0.05) is 70.9 Å². The molecule has 7 fully saturated rings. The molecule has 1 spiro atoms. The number of nitrogens with zero attached hydrogens (tertiary/aromatic N) is 7. The Morgan fingerprint density at radius 1 is 0.925 bits per heavy atom. The molecule has 430 valence electrons. The minimum absolute atomic E-state index is 0.0424. The number of nitrogens with one attached hydrogen (secondary N) is 3. The molecule has 8 aliphatic rings. The molecule has 80 heavy (non-hydrogen) atoms. The number of alkyl halides is 3. The molecular weight excluding hydrogens is 1030 g/mol. The van der Waals surface area contributed by atoms with Crippen LogP contribution >= 0.6 is 0 Å². The van der Waals surface area contributed by atoms with Gasteiger partial charge in [-0.2, -0.15) is 13.2 Å². The number of benzene rings is 2. The largest absolute Gasteiger partial charge is 0.464 e. The third kappa shape index (κ3) is 11.3. The number of aromatic nitrogens is 2. The number of ether oxygens (including phenoxy) is 2. The highest BCUT2D eigenvalue weighted by molar-refractivity contribution is 5.96. The van der Waals surface area contributed by atoms with Crippen molar-refractivity contribution in [3.8, 4) is 22.4 Å². The summed E-state index contributed by atoms with van der Waals surface area (Å²) >= 11 is 0. The van der Waals surface area contributed by atoms with Gasteiger partial charge in [0.2, 0.25) is 11.8 Å². The molecule has 0 radical (unpaired) electrons. The fourth-order valence-electron chi connectivity index (χ4n) is 14.5. The van der Waals surface area contributed by atoms with Gasteiger partial charge in [-0.15, -0.1) is 0 Å². The van der Waals surface area contributed by atoms with E-state index in [0.717, 1.165) is 100 Å². The highest BCUT2D eigenvalue weighted by atomic mass is 19.4. The van der Waals surface area contributed by atoms with E-state index in [4.69, 9.17) is 14.5 Å². The first kappa shape index (κ1) is 55.0. The van der Waals surface area contributed by atoms with Gasteiger partial charge in [-0.25, -0.2) is 5.43 Å². The van der Waals surface area contributed by atoms with Crippen LogP contribution < -0.4 is 21.0 Å². The Bertz CT molecular complexity index is 3010. The average molecular weight is 1110 g/mol. The van der Waals surface area contributed by atoms with Crippen LogP contribution in [0.15, 0.2) is 54.7 Å². The highest BCUT2D eigenvalue weighted by Gasteiger charge is 2.51. The van der Waals surface area contributed by atoms with Gasteiger partial charge in [0.05, 0.1) is 61.2 Å². The number of cyclic esters (lactones) is 1. The van der Waals surface area contributed by atoms with E-state index in [9.17, 15) is 9.59 Å². The third-order valence-electron chi connectivity index (χ3n) is 18.8. The maximum Gasteiger partial charge on any atom is 0.406 e. The molecule has 2 aromatic carbocycles. The molecular formula is C61H79F3N10O6. The zero-order valence-corrected chi connectivity index (χ0v) is 46.9. The summed E-state index contributed by atoms with van der Waals surface area (Å²) < 4.78 is 59.1. The average Bonchev–Trinajstić information content (AvgIpc) is 3.88. The molecule has 9 heterocycles. The number of pyridine rings is 1. The van der Waals surface area contributed by atoms with Crippen LogP contribution in [0.25, 0.3) is 33.3 Å². The van der Waals surface area contributed by atoms with Crippen LogP contribution in [0.4, 0.5) is 18.9 Å². The number of fused-ring (bicyclic) bond motifs is 7. The van der Waals surface area contributed by atoms with E-state index in [2.05, 4.69) is 30.8 Å². The van der Waals surface area contributed by atoms with Crippen molar-refractivity contribution in [3.63, 3.8) is 0 Å². The predicted molar refractivity (Wildman–Crippen MR) is 298 cm³/mol. The van der Waals surface area contributed by atoms with Crippen molar-refractivity contribution in [3.05, 3.63) is 71.5 Å². The number of carbonyl (C=O) groups excluding carboxylic acids is 4. The molecule has 16 nitrogen and oxygen atoms in total. The number of halogens is 3. The summed E-state index contributed by atoms with van der Waals surface area (Å²) in [4.78, 5) is 71.8. The Labute approximate surface area is 467 Å². The molecule has 6 bridgehead atoms. The lowest BCUT2D eigenvalue weighted by Gasteiger charge is -2.44. The lowest BCUT2D eigenvalue weighted by Crippen LogP contribution is -2.62. The number of hydrogen-bond acceptors (Lipinski definition) is 12. The lowest BCUT2D eigenvalue weighted by atomic mass is 9.83. The SMILES string of the molecule is CC(C)c1ncc(N2CCN3CCOC[C@@H]3C2)cc1-c1c2c3cc(ccc3n1CC(F)(F)F)-c1cccc(c1)C[C@H](NC(=O)[C@H](C1CCCC1)N1CC[C@]3(CCN(C(=O)[C@H]4CN4)C3)C1)C(=O)N1CCC[C@H](N1)C(=O)OCC(C)(C)C2. The predicted octanol–water partition coefficient (Wildman–Crippen LogP) is 6.68. The van der Waals surface area contributed by atoms with Crippen LogP contribution in [0.5, 0.6) is 0 Å². The van der Waals surface area contributed by atoms with Crippen LogP contribution in [0.3, 0.4) is 0 Å². The summed E-state index contributed by atoms with van der Waals surface area (Å²) in [6.45, 7) is 15.1. The number of likely N-dealkylation sites (tertiary alicyclic amines) is 2. The van der Waals surface area contributed by atoms with Gasteiger partial charge >= 0.3 is 12.1 Å². The number of hydrogen-bond donors (Lipinski definition) is 3. The van der Waals surface area contributed by atoms with Gasteiger partial charge in [0.15, 0.2) is 0 Å². The molecule has 3 amide bonds. The van der Waals surface area contributed by atoms with E-state index in [1.807, 2.05) is 81.3 Å². The molecule has 0 unspecified atom stereocenters. The lowest BCUT2D eigenvalue weighted by molar-refractivity contribution is -0.155. The maximum atomic E-state index is 15.2. The molecule has 7 aliphatic heterocycles. The van der Waals surface area contributed by atoms with E-state index in [1.165, 1.54) is 9.58 Å². The maximum absolute atomic E-state index is 15.2. The Balaban J connectivity index is 0.922. The van der Waals surface area contributed by atoms with Crippen molar-refractivity contribution < 1.29 is 41.8 Å². The summed E-state index contributed by atoms with van der Waals surface area (Å²) in [5, 5.41) is 8.61. The van der Waals surface area contributed by atoms with E-state index in [1.54, 1.807) is 6.07 Å². The quantitative estimate of drug-likeness (QED) is 0.121. The number of hydrazine groups is 1. The van der Waals surface area contributed by atoms with Crippen molar-refractivity contribution in [2.45, 2.75) is 141 Å². The number of esters is 1. The van der Waals surface area contributed by atoms with Crippen molar-refractivity contribution >= 4 is 40.3 Å². The minimum atomic E-state index is -4.58. The van der Waals surface area contributed by atoms with Crippen LogP contribution in [0, 0.1) is 16.7 Å². The number of morpholine rings is 1. The second-order valence-electron chi connectivity index (χ2n) is 25.7.